The van der Waals surface area contributed by atoms with E-state index in [4.69, 9.17) is 5.11 Å². The van der Waals surface area contributed by atoms with Crippen molar-refractivity contribution in [2.45, 2.75) is 12.8 Å². The van der Waals surface area contributed by atoms with Crippen molar-refractivity contribution in [3.05, 3.63) is 11.7 Å². The van der Waals surface area contributed by atoms with E-state index >= 15 is 0 Å². The third-order valence-electron chi connectivity index (χ3n) is 2.45. The van der Waals surface area contributed by atoms with Gasteiger partial charge in [-0.3, -0.25) is 0 Å². The Morgan fingerprint density at radius 3 is 2.81 bits per heavy atom. The number of carboxylic acid groups (broad SMARTS) is 1. The zero-order valence-corrected chi connectivity index (χ0v) is 9.11. The van der Waals surface area contributed by atoms with E-state index in [-0.39, 0.29) is 23.2 Å². The maximum atomic E-state index is 11.2. The number of hydrogen-bond donors (Lipinski definition) is 1. The third-order valence-corrected chi connectivity index (χ3v) is 4.29. The lowest BCUT2D eigenvalue weighted by atomic mass is 10.1. The molecule has 1 aromatic rings. The Bertz CT molecular complexity index is 506. The summed E-state index contributed by atoms with van der Waals surface area (Å²) in [6.45, 7) is 0. The smallest absolute Gasteiger partial charge is 0.394 e. The Hall–Kier alpha value is -1.44. The van der Waals surface area contributed by atoms with Crippen molar-refractivity contribution in [3.8, 4) is 0 Å². The van der Waals surface area contributed by atoms with E-state index in [1.165, 1.54) is 0 Å². The number of aromatic carboxylic acids is 1. The first-order chi connectivity index (χ1) is 7.46. The Morgan fingerprint density at radius 2 is 2.31 bits per heavy atom. The van der Waals surface area contributed by atoms with Gasteiger partial charge in [0.15, 0.2) is 15.7 Å². The molecule has 1 unspecified atom stereocenters. The van der Waals surface area contributed by atoms with E-state index < -0.39 is 21.7 Å². The molecule has 16 heavy (non-hydrogen) atoms. The van der Waals surface area contributed by atoms with Crippen LogP contribution in [0.3, 0.4) is 0 Å². The van der Waals surface area contributed by atoms with Gasteiger partial charge < -0.3 is 9.63 Å². The quantitative estimate of drug-likeness (QED) is 0.782. The van der Waals surface area contributed by atoms with Crippen LogP contribution in [-0.2, 0) is 16.3 Å². The standard InChI is InChI=1S/C8H10N2O5S/c11-8(12)7-9-6(10-15-7)3-5-1-2-16(13,14)4-5/h5H,1-4H2,(H,11,12). The van der Waals surface area contributed by atoms with E-state index in [1.807, 2.05) is 0 Å². The Balaban J connectivity index is 2.02. The van der Waals surface area contributed by atoms with E-state index in [2.05, 4.69) is 14.7 Å². The Labute approximate surface area is 91.4 Å². The van der Waals surface area contributed by atoms with Crippen molar-refractivity contribution >= 4 is 15.8 Å². The molecule has 1 atom stereocenters. The molecule has 0 aliphatic carbocycles. The second-order valence-electron chi connectivity index (χ2n) is 3.79. The minimum Gasteiger partial charge on any atom is -0.474 e. The monoisotopic (exact) mass is 246 g/mol. The van der Waals surface area contributed by atoms with Crippen LogP contribution in [0.15, 0.2) is 4.52 Å². The minimum absolute atomic E-state index is 0.0377. The summed E-state index contributed by atoms with van der Waals surface area (Å²) in [5, 5.41) is 12.0. The molecule has 0 amide bonds. The van der Waals surface area contributed by atoms with E-state index in [0.29, 0.717) is 12.8 Å². The minimum atomic E-state index is -2.93. The second kappa shape index (κ2) is 3.85. The summed E-state index contributed by atoms with van der Waals surface area (Å²) in [5.74, 6) is -1.23. The third kappa shape index (κ3) is 2.38. The van der Waals surface area contributed by atoms with Gasteiger partial charge in [0.25, 0.3) is 0 Å². The molecule has 1 aliphatic rings. The molecule has 0 aromatic carbocycles. The van der Waals surface area contributed by atoms with Crippen LogP contribution in [0.25, 0.3) is 0 Å². The number of aromatic nitrogens is 2. The van der Waals surface area contributed by atoms with Gasteiger partial charge in [-0.05, 0) is 12.3 Å². The van der Waals surface area contributed by atoms with Gasteiger partial charge in [0.05, 0.1) is 11.5 Å². The molecule has 2 rings (SSSR count). The molecule has 1 saturated heterocycles. The van der Waals surface area contributed by atoms with Crippen molar-refractivity contribution < 1.29 is 22.8 Å². The van der Waals surface area contributed by atoms with Crippen LogP contribution in [-0.4, -0.2) is 41.1 Å². The van der Waals surface area contributed by atoms with Crippen molar-refractivity contribution in [1.29, 1.82) is 0 Å². The molecule has 1 aliphatic heterocycles. The zero-order chi connectivity index (χ0) is 11.8. The molecule has 7 nitrogen and oxygen atoms in total. The van der Waals surface area contributed by atoms with E-state index in [9.17, 15) is 13.2 Å². The highest BCUT2D eigenvalue weighted by Crippen LogP contribution is 2.21. The van der Waals surface area contributed by atoms with Gasteiger partial charge in [-0.15, -0.1) is 0 Å². The van der Waals surface area contributed by atoms with Gasteiger partial charge >= 0.3 is 11.9 Å². The first-order valence-corrected chi connectivity index (χ1v) is 6.55. The number of rotatable bonds is 3. The maximum Gasteiger partial charge on any atom is 0.394 e. The molecule has 88 valence electrons. The van der Waals surface area contributed by atoms with Crippen LogP contribution in [0.4, 0.5) is 0 Å². The van der Waals surface area contributed by atoms with Gasteiger partial charge in [0.1, 0.15) is 0 Å². The number of nitrogens with zero attached hydrogens (tertiary/aromatic N) is 2. The first kappa shape index (κ1) is 11.1. The summed E-state index contributed by atoms with van der Waals surface area (Å²) in [4.78, 5) is 14.1. The largest absolute Gasteiger partial charge is 0.474 e. The van der Waals surface area contributed by atoms with Gasteiger partial charge in [0.2, 0.25) is 0 Å². The molecule has 1 fully saturated rings. The molecular weight excluding hydrogens is 236 g/mol. The summed E-state index contributed by atoms with van der Waals surface area (Å²) in [7, 11) is -2.93. The average Bonchev–Trinajstić information content (AvgIpc) is 2.73. The van der Waals surface area contributed by atoms with Gasteiger partial charge in [-0.1, -0.05) is 5.16 Å². The highest BCUT2D eigenvalue weighted by Gasteiger charge is 2.29. The fourth-order valence-corrected chi connectivity index (χ4v) is 3.58. The van der Waals surface area contributed by atoms with Crippen molar-refractivity contribution in [3.63, 3.8) is 0 Å². The van der Waals surface area contributed by atoms with E-state index in [0.717, 1.165) is 0 Å². The summed E-state index contributed by atoms with van der Waals surface area (Å²) in [5.41, 5.74) is 0. The lowest BCUT2D eigenvalue weighted by molar-refractivity contribution is 0.0643. The summed E-state index contributed by atoms with van der Waals surface area (Å²) >= 11 is 0. The van der Waals surface area contributed by atoms with E-state index in [1.54, 1.807) is 0 Å². The SMILES string of the molecule is O=C(O)c1nc(CC2CCS(=O)(=O)C2)no1. The van der Waals surface area contributed by atoms with Crippen molar-refractivity contribution in [1.82, 2.24) is 10.1 Å². The Morgan fingerprint density at radius 1 is 1.56 bits per heavy atom. The van der Waals surface area contributed by atoms with Crippen LogP contribution in [0.1, 0.15) is 22.9 Å². The number of sulfone groups is 1. The van der Waals surface area contributed by atoms with Crippen molar-refractivity contribution in [2.24, 2.45) is 5.92 Å². The van der Waals surface area contributed by atoms with Crippen LogP contribution in [0, 0.1) is 5.92 Å². The molecule has 0 spiro atoms. The highest BCUT2D eigenvalue weighted by atomic mass is 32.2. The average molecular weight is 246 g/mol. The molecule has 0 saturated carbocycles. The fourth-order valence-electron chi connectivity index (χ4n) is 1.71. The predicted octanol–water partition coefficient (Wildman–Crippen LogP) is -0.255. The molecule has 1 aromatic heterocycles. The normalized spacial score (nSPS) is 23.4. The number of hydrogen-bond acceptors (Lipinski definition) is 6. The summed E-state index contributed by atoms with van der Waals surface area (Å²) in [6, 6.07) is 0. The fraction of sp³-hybridized carbons (Fsp3) is 0.625. The second-order valence-corrected chi connectivity index (χ2v) is 6.02. The molecule has 2 heterocycles. The van der Waals surface area contributed by atoms with Crippen LogP contribution < -0.4 is 0 Å². The first-order valence-electron chi connectivity index (χ1n) is 4.72. The van der Waals surface area contributed by atoms with Gasteiger partial charge in [-0.25, -0.2) is 13.2 Å². The summed E-state index contributed by atoms with van der Waals surface area (Å²) in [6.07, 6.45) is 0.912. The lowest BCUT2D eigenvalue weighted by Gasteiger charge is -2.01. The lowest BCUT2D eigenvalue weighted by Crippen LogP contribution is -2.08. The van der Waals surface area contributed by atoms with Crippen LogP contribution in [0.5, 0.6) is 0 Å². The molecular formula is C8H10N2O5S. The van der Waals surface area contributed by atoms with Crippen molar-refractivity contribution in [2.75, 3.05) is 11.5 Å². The molecule has 8 heteroatoms. The Kier molecular flexibility index (Phi) is 2.66. The highest BCUT2D eigenvalue weighted by molar-refractivity contribution is 7.91. The number of carbonyl (C=O) groups is 1. The van der Waals surface area contributed by atoms with Gasteiger partial charge in [-0.2, -0.15) is 4.98 Å². The number of carboxylic acids is 1. The maximum absolute atomic E-state index is 11.2. The molecule has 0 bridgehead atoms. The molecule has 1 N–H and O–H groups in total. The topological polar surface area (TPSA) is 110 Å². The summed E-state index contributed by atoms with van der Waals surface area (Å²) < 4.78 is 26.9. The van der Waals surface area contributed by atoms with Crippen LogP contribution >= 0.6 is 0 Å². The zero-order valence-electron chi connectivity index (χ0n) is 8.29. The van der Waals surface area contributed by atoms with Gasteiger partial charge in [0, 0.05) is 6.42 Å². The van der Waals surface area contributed by atoms with Crippen LogP contribution in [0.2, 0.25) is 0 Å². The molecule has 0 radical (unpaired) electrons. The predicted molar refractivity (Wildman–Crippen MR) is 51.7 cm³/mol.